The molecule has 7 heteroatoms. The zero-order valence-corrected chi connectivity index (χ0v) is 14.4. The Labute approximate surface area is 156 Å². The number of rotatable bonds is 6. The highest BCUT2D eigenvalue weighted by atomic mass is 16.5. The molecule has 2 aromatic rings. The molecule has 0 aliphatic heterocycles. The van der Waals surface area contributed by atoms with Crippen LogP contribution in [-0.2, 0) is 14.3 Å². The Hall–Kier alpha value is -4.10. The molecule has 27 heavy (non-hydrogen) atoms. The van der Waals surface area contributed by atoms with E-state index in [2.05, 4.69) is 5.32 Å². The van der Waals surface area contributed by atoms with Crippen molar-refractivity contribution < 1.29 is 19.1 Å². The summed E-state index contributed by atoms with van der Waals surface area (Å²) in [6.45, 7) is -0.546. The van der Waals surface area contributed by atoms with Crippen molar-refractivity contribution >= 4 is 23.6 Å². The molecule has 1 amide bonds. The van der Waals surface area contributed by atoms with Gasteiger partial charge in [-0.1, -0.05) is 12.1 Å². The fourth-order valence-electron chi connectivity index (χ4n) is 2.07. The average molecular weight is 361 g/mol. The summed E-state index contributed by atoms with van der Waals surface area (Å²) < 4.78 is 9.96. The van der Waals surface area contributed by atoms with E-state index in [4.69, 9.17) is 20.0 Å². The van der Waals surface area contributed by atoms with E-state index < -0.39 is 18.5 Å². The number of anilines is 1. The number of benzene rings is 2. The molecule has 134 valence electrons. The zero-order chi connectivity index (χ0) is 19.6. The summed E-state index contributed by atoms with van der Waals surface area (Å²) in [5, 5.41) is 20.4. The Morgan fingerprint density at radius 1 is 1.15 bits per heavy atom. The first kappa shape index (κ1) is 19.2. The highest BCUT2D eigenvalue weighted by Crippen LogP contribution is 2.16. The molecule has 0 radical (unpaired) electrons. The van der Waals surface area contributed by atoms with Crippen LogP contribution in [0.5, 0.6) is 5.75 Å². The summed E-state index contributed by atoms with van der Waals surface area (Å²) >= 11 is 0. The van der Waals surface area contributed by atoms with Crippen LogP contribution in [-0.4, -0.2) is 25.6 Å². The van der Waals surface area contributed by atoms with Crippen LogP contribution >= 0.6 is 0 Å². The maximum Gasteiger partial charge on any atom is 0.349 e. The average Bonchev–Trinajstić information content (AvgIpc) is 2.71. The standard InChI is InChI=1S/C20H15N3O4/c1-26-18-4-2-3-15(10-18)9-16(12-22)20(25)27-13-19(24)23-17-7-5-14(11-21)6-8-17/h2-10H,13H2,1H3,(H,23,24)/b16-9+. The van der Waals surface area contributed by atoms with Crippen LogP contribution in [0.3, 0.4) is 0 Å². The van der Waals surface area contributed by atoms with Gasteiger partial charge in [0.1, 0.15) is 17.4 Å². The van der Waals surface area contributed by atoms with Crippen LogP contribution in [0.2, 0.25) is 0 Å². The first-order valence-corrected chi connectivity index (χ1v) is 7.78. The second-order valence-corrected chi connectivity index (χ2v) is 5.26. The topological polar surface area (TPSA) is 112 Å². The van der Waals surface area contributed by atoms with Gasteiger partial charge in [0.2, 0.25) is 0 Å². The van der Waals surface area contributed by atoms with Crippen molar-refractivity contribution in [2.45, 2.75) is 0 Å². The SMILES string of the molecule is COc1cccc(/C=C(\C#N)C(=O)OCC(=O)Nc2ccc(C#N)cc2)c1. The number of nitrogens with zero attached hydrogens (tertiary/aromatic N) is 2. The molecule has 0 heterocycles. The predicted molar refractivity (Wildman–Crippen MR) is 97.3 cm³/mol. The van der Waals surface area contributed by atoms with Crippen LogP contribution < -0.4 is 10.1 Å². The van der Waals surface area contributed by atoms with E-state index in [-0.39, 0.29) is 5.57 Å². The smallest absolute Gasteiger partial charge is 0.349 e. The highest BCUT2D eigenvalue weighted by Gasteiger charge is 2.13. The highest BCUT2D eigenvalue weighted by molar-refractivity contribution is 6.00. The third-order valence-electron chi connectivity index (χ3n) is 3.38. The third kappa shape index (κ3) is 5.73. The molecule has 0 saturated heterocycles. The van der Waals surface area contributed by atoms with Crippen molar-refractivity contribution in [3.63, 3.8) is 0 Å². The van der Waals surface area contributed by atoms with E-state index in [1.165, 1.54) is 13.2 Å². The van der Waals surface area contributed by atoms with Gasteiger partial charge in [-0.2, -0.15) is 10.5 Å². The zero-order valence-electron chi connectivity index (χ0n) is 14.4. The Morgan fingerprint density at radius 3 is 2.52 bits per heavy atom. The first-order valence-electron chi connectivity index (χ1n) is 7.78. The van der Waals surface area contributed by atoms with Crippen LogP contribution in [0.4, 0.5) is 5.69 Å². The van der Waals surface area contributed by atoms with Crippen molar-refractivity contribution in [3.8, 4) is 17.9 Å². The predicted octanol–water partition coefficient (Wildman–Crippen LogP) is 2.66. The molecule has 0 bridgehead atoms. The van der Waals surface area contributed by atoms with E-state index in [9.17, 15) is 9.59 Å². The number of ether oxygens (including phenoxy) is 2. The number of amides is 1. The van der Waals surface area contributed by atoms with Crippen LogP contribution in [0.25, 0.3) is 6.08 Å². The van der Waals surface area contributed by atoms with Crippen LogP contribution in [0.1, 0.15) is 11.1 Å². The summed E-state index contributed by atoms with van der Waals surface area (Å²) in [6, 6.07) is 16.7. The van der Waals surface area contributed by atoms with E-state index >= 15 is 0 Å². The number of carbonyl (C=O) groups excluding carboxylic acids is 2. The maximum absolute atomic E-state index is 12.0. The molecule has 1 N–H and O–H groups in total. The van der Waals surface area contributed by atoms with E-state index in [1.54, 1.807) is 54.6 Å². The molecule has 0 aliphatic rings. The Balaban J connectivity index is 1.95. The number of methoxy groups -OCH3 is 1. The van der Waals surface area contributed by atoms with Gasteiger partial charge in [0.05, 0.1) is 18.7 Å². The summed E-state index contributed by atoms with van der Waals surface area (Å²) in [5.74, 6) is -0.891. The lowest BCUT2D eigenvalue weighted by Crippen LogP contribution is -2.21. The normalized spacial score (nSPS) is 10.3. The maximum atomic E-state index is 12.0. The molecule has 0 atom stereocenters. The van der Waals surface area contributed by atoms with Crippen molar-refractivity contribution in [2.75, 3.05) is 19.0 Å². The van der Waals surface area contributed by atoms with Crippen LogP contribution in [0, 0.1) is 22.7 Å². The van der Waals surface area contributed by atoms with Gasteiger partial charge in [-0.25, -0.2) is 4.79 Å². The van der Waals surface area contributed by atoms with Gasteiger partial charge < -0.3 is 14.8 Å². The van der Waals surface area contributed by atoms with E-state index in [0.29, 0.717) is 22.6 Å². The summed E-state index contributed by atoms with van der Waals surface area (Å²) in [4.78, 5) is 23.9. The molecule has 0 aliphatic carbocycles. The molecule has 0 fully saturated rings. The Morgan fingerprint density at radius 2 is 1.89 bits per heavy atom. The van der Waals surface area contributed by atoms with Gasteiger partial charge in [0, 0.05) is 5.69 Å². The molecular formula is C20H15N3O4. The molecule has 0 aromatic heterocycles. The summed E-state index contributed by atoms with van der Waals surface area (Å²) in [6.07, 6.45) is 1.35. The third-order valence-corrected chi connectivity index (χ3v) is 3.38. The lowest BCUT2D eigenvalue weighted by atomic mass is 10.1. The molecule has 0 unspecified atom stereocenters. The number of hydrogen-bond donors (Lipinski definition) is 1. The van der Waals surface area contributed by atoms with Crippen LogP contribution in [0.15, 0.2) is 54.1 Å². The number of nitrogens with one attached hydrogen (secondary N) is 1. The lowest BCUT2D eigenvalue weighted by Gasteiger charge is -2.06. The van der Waals surface area contributed by atoms with Crippen molar-refractivity contribution in [1.82, 2.24) is 0 Å². The Kier molecular flexibility index (Phi) is 6.69. The van der Waals surface area contributed by atoms with E-state index in [0.717, 1.165) is 0 Å². The minimum absolute atomic E-state index is 0.241. The monoisotopic (exact) mass is 361 g/mol. The molecule has 2 aromatic carbocycles. The van der Waals surface area contributed by atoms with Gasteiger partial charge in [-0.15, -0.1) is 0 Å². The lowest BCUT2D eigenvalue weighted by molar-refractivity contribution is -0.142. The van der Waals surface area contributed by atoms with E-state index in [1.807, 2.05) is 6.07 Å². The first-order chi connectivity index (χ1) is 13.0. The van der Waals surface area contributed by atoms with Gasteiger partial charge in [-0.05, 0) is 48.0 Å². The Bertz CT molecular complexity index is 950. The van der Waals surface area contributed by atoms with Crippen molar-refractivity contribution in [3.05, 3.63) is 65.2 Å². The molecule has 0 saturated carbocycles. The molecular weight excluding hydrogens is 346 g/mol. The van der Waals surface area contributed by atoms with Gasteiger partial charge in [0.25, 0.3) is 5.91 Å². The number of esters is 1. The second kappa shape index (κ2) is 9.40. The minimum Gasteiger partial charge on any atom is -0.497 e. The van der Waals surface area contributed by atoms with Gasteiger partial charge in [-0.3, -0.25) is 4.79 Å². The molecule has 7 nitrogen and oxygen atoms in total. The number of carbonyl (C=O) groups is 2. The minimum atomic E-state index is -0.907. The quantitative estimate of drug-likeness (QED) is 0.481. The second-order valence-electron chi connectivity index (χ2n) is 5.26. The largest absolute Gasteiger partial charge is 0.497 e. The summed E-state index contributed by atoms with van der Waals surface area (Å²) in [5.41, 5.74) is 1.27. The van der Waals surface area contributed by atoms with Gasteiger partial charge in [0.15, 0.2) is 6.61 Å². The molecule has 2 rings (SSSR count). The molecule has 0 spiro atoms. The van der Waals surface area contributed by atoms with Gasteiger partial charge >= 0.3 is 5.97 Å². The fraction of sp³-hybridized carbons (Fsp3) is 0.100. The number of nitriles is 2. The van der Waals surface area contributed by atoms with Crippen molar-refractivity contribution in [1.29, 1.82) is 10.5 Å². The van der Waals surface area contributed by atoms with Crippen molar-refractivity contribution in [2.24, 2.45) is 0 Å². The summed E-state index contributed by atoms with van der Waals surface area (Å²) in [7, 11) is 1.51. The fourth-order valence-corrected chi connectivity index (χ4v) is 2.07. The number of hydrogen-bond acceptors (Lipinski definition) is 6.